The summed E-state index contributed by atoms with van der Waals surface area (Å²) < 4.78 is 0. The van der Waals surface area contributed by atoms with Crippen molar-refractivity contribution < 1.29 is 4.79 Å². The number of nitrogens with one attached hydrogen (secondary N) is 3. The van der Waals surface area contributed by atoms with Gasteiger partial charge in [0.15, 0.2) is 0 Å². The predicted molar refractivity (Wildman–Crippen MR) is 102 cm³/mol. The molecular formula is C21H16N4O. The zero-order chi connectivity index (χ0) is 17.7. The minimum atomic E-state index is -0.0438. The topological polar surface area (TPSA) is 73.0 Å². The molecule has 26 heavy (non-hydrogen) atoms. The zero-order valence-corrected chi connectivity index (χ0v) is 14.1. The third kappa shape index (κ3) is 2.59. The predicted octanol–water partition coefficient (Wildman–Crippen LogP) is 1.57. The van der Waals surface area contributed by atoms with Crippen LogP contribution in [0.4, 0.5) is 0 Å². The van der Waals surface area contributed by atoms with Gasteiger partial charge in [0.1, 0.15) is 0 Å². The second-order valence-corrected chi connectivity index (χ2v) is 6.57. The maximum atomic E-state index is 12.2. The number of aromatic amines is 2. The van der Waals surface area contributed by atoms with Gasteiger partial charge in [-0.25, -0.2) is 4.99 Å². The monoisotopic (exact) mass is 340 g/mol. The molecule has 5 rings (SSSR count). The molecule has 2 aromatic rings. The number of allylic oxidation sites excluding steroid dienone is 5. The Kier molecular flexibility index (Phi) is 3.09. The van der Waals surface area contributed by atoms with E-state index >= 15 is 0 Å². The Bertz CT molecular complexity index is 1230. The van der Waals surface area contributed by atoms with Crippen molar-refractivity contribution in [3.8, 4) is 0 Å². The fourth-order valence-corrected chi connectivity index (χ4v) is 3.27. The van der Waals surface area contributed by atoms with Crippen molar-refractivity contribution in [3.05, 3.63) is 87.2 Å². The van der Waals surface area contributed by atoms with Gasteiger partial charge in [-0.2, -0.15) is 0 Å². The van der Waals surface area contributed by atoms with Gasteiger partial charge in [0.2, 0.25) is 5.78 Å². The molecular weight excluding hydrogens is 324 g/mol. The molecule has 0 radical (unpaired) electrons. The molecule has 0 saturated carbocycles. The minimum absolute atomic E-state index is 0.0438. The Labute approximate surface area is 149 Å². The number of aromatic nitrogens is 2. The van der Waals surface area contributed by atoms with E-state index in [-0.39, 0.29) is 5.78 Å². The molecule has 5 nitrogen and oxygen atoms in total. The summed E-state index contributed by atoms with van der Waals surface area (Å²) in [4.78, 5) is 23.6. The molecule has 126 valence electrons. The number of nitrogens with zero attached hydrogens (tertiary/aromatic N) is 1. The Hall–Kier alpha value is -3.60. The number of ketones is 1. The van der Waals surface area contributed by atoms with Crippen LogP contribution in [0.1, 0.15) is 17.0 Å². The van der Waals surface area contributed by atoms with E-state index in [1.807, 2.05) is 36.4 Å². The third-order valence-electron chi connectivity index (χ3n) is 4.53. The Balaban J connectivity index is 1.73. The molecule has 0 aromatic carbocycles. The molecule has 8 bridgehead atoms. The summed E-state index contributed by atoms with van der Waals surface area (Å²) >= 11 is 0. The van der Waals surface area contributed by atoms with Gasteiger partial charge >= 0.3 is 0 Å². The van der Waals surface area contributed by atoms with Crippen molar-refractivity contribution in [3.63, 3.8) is 0 Å². The lowest BCUT2D eigenvalue weighted by Crippen LogP contribution is -2.14. The number of carbonyl (C=O) groups is 1. The van der Waals surface area contributed by atoms with Gasteiger partial charge < -0.3 is 15.3 Å². The summed E-state index contributed by atoms with van der Waals surface area (Å²) in [6.07, 6.45) is 13.2. The SMILES string of the molecule is Cc1cc2[nH]c1=Cc1ccc([nH]1)C=C1C=CC(=N1)C=C1NC(=CC1=O)C=2. The van der Waals surface area contributed by atoms with E-state index in [0.29, 0.717) is 5.70 Å². The molecule has 0 fully saturated rings. The van der Waals surface area contributed by atoms with Crippen LogP contribution in [-0.4, -0.2) is 21.5 Å². The number of carbonyl (C=O) groups excluding carboxylic acids is 1. The average Bonchev–Trinajstić information content (AvgIpc) is 3.34. The maximum absolute atomic E-state index is 12.2. The minimum Gasteiger partial charge on any atom is -0.355 e. The van der Waals surface area contributed by atoms with E-state index < -0.39 is 0 Å². The summed E-state index contributed by atoms with van der Waals surface area (Å²) in [7, 11) is 0. The number of fused-ring (bicyclic) bond motifs is 7. The molecule has 3 aliphatic heterocycles. The first-order valence-corrected chi connectivity index (χ1v) is 8.44. The van der Waals surface area contributed by atoms with Crippen molar-refractivity contribution >= 4 is 29.7 Å². The second-order valence-electron chi connectivity index (χ2n) is 6.57. The largest absolute Gasteiger partial charge is 0.355 e. The standard InChI is InChI=1S/C21H16N4O/c1-12-6-17-8-18-11-21(26)20(25-18)10-16-5-3-14(23-16)7-13-2-4-15(22-13)9-19(12)24-17/h2-11,22,24-25H,1H3. The summed E-state index contributed by atoms with van der Waals surface area (Å²) in [6.45, 7) is 2.06. The number of aliphatic imine (C=N–C) groups is 1. The van der Waals surface area contributed by atoms with E-state index in [0.717, 1.165) is 44.8 Å². The van der Waals surface area contributed by atoms with Gasteiger partial charge in [0.25, 0.3) is 0 Å². The molecule has 0 atom stereocenters. The lowest BCUT2D eigenvalue weighted by Gasteiger charge is -1.99. The lowest BCUT2D eigenvalue weighted by molar-refractivity contribution is -0.111. The highest BCUT2D eigenvalue weighted by atomic mass is 16.1. The van der Waals surface area contributed by atoms with Gasteiger partial charge in [0, 0.05) is 33.9 Å². The van der Waals surface area contributed by atoms with Crippen LogP contribution in [0.5, 0.6) is 0 Å². The van der Waals surface area contributed by atoms with Crippen molar-refractivity contribution in [2.75, 3.05) is 0 Å². The van der Waals surface area contributed by atoms with E-state index in [1.165, 1.54) is 0 Å². The first-order chi connectivity index (χ1) is 12.6. The molecule has 0 amide bonds. The van der Waals surface area contributed by atoms with E-state index in [2.05, 4.69) is 39.3 Å². The van der Waals surface area contributed by atoms with Crippen molar-refractivity contribution in [2.24, 2.45) is 4.99 Å². The molecule has 2 aromatic heterocycles. The number of aryl methyl sites for hydroxylation is 1. The van der Waals surface area contributed by atoms with Crippen LogP contribution in [0.25, 0.3) is 18.2 Å². The Morgan fingerprint density at radius 3 is 2.65 bits per heavy atom. The van der Waals surface area contributed by atoms with E-state index in [9.17, 15) is 4.79 Å². The van der Waals surface area contributed by atoms with Gasteiger partial charge in [-0.15, -0.1) is 0 Å². The fraction of sp³-hybridized carbons (Fsp3) is 0.0476. The molecule has 3 aliphatic rings. The molecule has 5 heteroatoms. The van der Waals surface area contributed by atoms with Crippen molar-refractivity contribution in [1.29, 1.82) is 0 Å². The zero-order valence-electron chi connectivity index (χ0n) is 14.1. The number of rotatable bonds is 0. The van der Waals surface area contributed by atoms with E-state index in [4.69, 9.17) is 0 Å². The highest BCUT2D eigenvalue weighted by Crippen LogP contribution is 2.17. The smallest absolute Gasteiger partial charge is 0.204 e. The second kappa shape index (κ2) is 5.46. The van der Waals surface area contributed by atoms with Crippen LogP contribution in [0, 0.1) is 6.92 Å². The van der Waals surface area contributed by atoms with Crippen LogP contribution < -0.4 is 16.0 Å². The van der Waals surface area contributed by atoms with Gasteiger partial charge in [-0.1, -0.05) is 0 Å². The third-order valence-corrected chi connectivity index (χ3v) is 4.53. The van der Waals surface area contributed by atoms with Crippen LogP contribution in [0.2, 0.25) is 0 Å². The van der Waals surface area contributed by atoms with Gasteiger partial charge in [0.05, 0.1) is 17.1 Å². The molecule has 3 N–H and O–H groups in total. The summed E-state index contributed by atoms with van der Waals surface area (Å²) in [5, 5.41) is 5.15. The Morgan fingerprint density at radius 2 is 1.77 bits per heavy atom. The molecule has 0 aliphatic carbocycles. The normalized spacial score (nSPS) is 17.7. The first kappa shape index (κ1) is 14.7. The molecule has 0 saturated heterocycles. The first-order valence-electron chi connectivity index (χ1n) is 8.44. The summed E-state index contributed by atoms with van der Waals surface area (Å²) in [5.41, 5.74) is 6.04. The van der Waals surface area contributed by atoms with Crippen LogP contribution in [-0.2, 0) is 4.79 Å². The highest BCUT2D eigenvalue weighted by Gasteiger charge is 2.17. The molecule has 0 unspecified atom stereocenters. The van der Waals surface area contributed by atoms with E-state index in [1.54, 1.807) is 12.2 Å². The number of hydrogen-bond acceptors (Lipinski definition) is 3. The van der Waals surface area contributed by atoms with Crippen molar-refractivity contribution in [1.82, 2.24) is 15.3 Å². The summed E-state index contributed by atoms with van der Waals surface area (Å²) in [6, 6.07) is 6.14. The average molecular weight is 340 g/mol. The quantitative estimate of drug-likeness (QED) is 0.681. The molecule has 0 spiro atoms. The summed E-state index contributed by atoms with van der Waals surface area (Å²) in [5.74, 6) is -0.0438. The van der Waals surface area contributed by atoms with Gasteiger partial charge in [-0.05, 0) is 67.1 Å². The maximum Gasteiger partial charge on any atom is 0.204 e. The van der Waals surface area contributed by atoms with Crippen LogP contribution >= 0.6 is 0 Å². The fourth-order valence-electron chi connectivity index (χ4n) is 3.27. The Morgan fingerprint density at radius 1 is 0.923 bits per heavy atom. The highest BCUT2D eigenvalue weighted by molar-refractivity contribution is 6.16. The van der Waals surface area contributed by atoms with Crippen LogP contribution in [0.3, 0.4) is 0 Å². The van der Waals surface area contributed by atoms with Gasteiger partial charge in [-0.3, -0.25) is 4.79 Å². The number of hydrogen-bond donors (Lipinski definition) is 3. The lowest BCUT2D eigenvalue weighted by atomic mass is 10.2. The van der Waals surface area contributed by atoms with Crippen molar-refractivity contribution in [2.45, 2.75) is 6.92 Å². The molecule has 5 heterocycles. The van der Waals surface area contributed by atoms with Crippen LogP contribution in [0.15, 0.2) is 64.6 Å². The number of H-pyrrole nitrogens is 2.